The topological polar surface area (TPSA) is 76.4 Å². The van der Waals surface area contributed by atoms with Crippen LogP contribution < -0.4 is 4.74 Å². The fourth-order valence-electron chi connectivity index (χ4n) is 3.84. The molecular weight excluding hydrogens is 434 g/mol. The second-order valence-corrected chi connectivity index (χ2v) is 7.60. The second kappa shape index (κ2) is 7.88. The van der Waals surface area contributed by atoms with Crippen LogP contribution in [0.25, 0.3) is 5.57 Å². The number of carbonyl (C=O) groups is 2. The Kier molecular flexibility index (Phi) is 5.84. The molecule has 0 aliphatic heterocycles. The molecule has 0 spiro atoms. The minimum Gasteiger partial charge on any atom is -0.477 e. The van der Waals surface area contributed by atoms with Crippen molar-refractivity contribution >= 4 is 40.5 Å². The molecule has 0 aromatic heterocycles. The van der Waals surface area contributed by atoms with Gasteiger partial charge in [-0.1, -0.05) is 23.2 Å². The van der Waals surface area contributed by atoms with Crippen molar-refractivity contribution in [3.05, 3.63) is 33.3 Å². The fraction of sp³-hybridized carbons (Fsp3) is 0.421. The fourth-order valence-corrected chi connectivity index (χ4v) is 4.36. The maximum atomic E-state index is 12.4. The maximum absolute atomic E-state index is 12.4. The number of nitrogens with zero attached hydrogens (tertiary/aromatic N) is 1. The normalized spacial score (nSPS) is 20.4. The molecule has 0 saturated heterocycles. The molecule has 29 heavy (non-hydrogen) atoms. The molecule has 1 atom stereocenters. The first-order valence-electron chi connectivity index (χ1n) is 8.59. The molecule has 0 amide bonds. The number of rotatable bonds is 5. The molecular formula is C19H14Cl2F3NO4. The van der Waals surface area contributed by atoms with Gasteiger partial charge in [0.1, 0.15) is 16.8 Å². The van der Waals surface area contributed by atoms with E-state index in [4.69, 9.17) is 33.2 Å². The van der Waals surface area contributed by atoms with Crippen LogP contribution in [0.5, 0.6) is 5.75 Å². The van der Waals surface area contributed by atoms with Gasteiger partial charge in [-0.15, -0.1) is 0 Å². The zero-order chi connectivity index (χ0) is 21.4. The van der Waals surface area contributed by atoms with E-state index in [2.05, 4.69) is 4.74 Å². The number of ether oxygens (including phenoxy) is 2. The molecule has 1 aromatic carbocycles. The van der Waals surface area contributed by atoms with Crippen molar-refractivity contribution in [3.63, 3.8) is 0 Å². The Labute approximate surface area is 174 Å². The molecule has 0 heterocycles. The number of fused-ring (bicyclic) bond motifs is 3. The first-order chi connectivity index (χ1) is 13.6. The summed E-state index contributed by atoms with van der Waals surface area (Å²) < 4.78 is 46.8. The molecule has 5 nitrogen and oxygen atoms in total. The van der Waals surface area contributed by atoms with Gasteiger partial charge in [-0.25, -0.2) is 4.79 Å². The highest BCUT2D eigenvalue weighted by atomic mass is 35.5. The van der Waals surface area contributed by atoms with E-state index >= 15 is 0 Å². The van der Waals surface area contributed by atoms with Gasteiger partial charge >= 0.3 is 12.1 Å². The zero-order valence-corrected chi connectivity index (χ0v) is 16.4. The van der Waals surface area contributed by atoms with Crippen LogP contribution in [0.4, 0.5) is 13.2 Å². The van der Waals surface area contributed by atoms with Crippen molar-refractivity contribution in [2.45, 2.75) is 31.9 Å². The molecule has 0 radical (unpaired) electrons. The van der Waals surface area contributed by atoms with Crippen LogP contribution in [0, 0.1) is 16.7 Å². The Morgan fingerprint density at radius 1 is 1.31 bits per heavy atom. The number of hydrogen-bond acceptors (Lipinski definition) is 5. The SMILES string of the molecule is N#CCOc1cc2c(c(Cl)c1Cl)C1=CC(=O)CCC1(CCOC(=O)C(F)(F)F)C2. The molecule has 0 N–H and O–H groups in total. The summed E-state index contributed by atoms with van der Waals surface area (Å²) >= 11 is 12.7. The highest BCUT2D eigenvalue weighted by molar-refractivity contribution is 6.44. The summed E-state index contributed by atoms with van der Waals surface area (Å²) in [7, 11) is 0. The summed E-state index contributed by atoms with van der Waals surface area (Å²) in [6.45, 7) is -0.699. The Morgan fingerprint density at radius 2 is 2.03 bits per heavy atom. The number of alkyl halides is 3. The largest absolute Gasteiger partial charge is 0.490 e. The van der Waals surface area contributed by atoms with Gasteiger partial charge in [0.05, 0.1) is 11.6 Å². The minimum atomic E-state index is -5.07. The summed E-state index contributed by atoms with van der Waals surface area (Å²) in [4.78, 5) is 23.0. The zero-order valence-electron chi connectivity index (χ0n) is 14.9. The molecule has 0 saturated carbocycles. The summed E-state index contributed by atoms with van der Waals surface area (Å²) in [5.41, 5.74) is 1.11. The lowest BCUT2D eigenvalue weighted by Gasteiger charge is -2.33. The van der Waals surface area contributed by atoms with E-state index in [0.29, 0.717) is 29.5 Å². The van der Waals surface area contributed by atoms with Gasteiger partial charge in [-0.3, -0.25) is 4.79 Å². The van der Waals surface area contributed by atoms with Crippen molar-refractivity contribution in [1.29, 1.82) is 5.26 Å². The van der Waals surface area contributed by atoms with Crippen LogP contribution >= 0.6 is 23.2 Å². The summed E-state index contributed by atoms with van der Waals surface area (Å²) in [5, 5.41) is 8.93. The van der Waals surface area contributed by atoms with E-state index < -0.39 is 24.2 Å². The van der Waals surface area contributed by atoms with Crippen molar-refractivity contribution in [2.24, 2.45) is 5.41 Å². The van der Waals surface area contributed by atoms with Gasteiger partial charge in [0, 0.05) is 17.4 Å². The van der Waals surface area contributed by atoms with Crippen LogP contribution in [0.15, 0.2) is 12.1 Å². The Hall–Kier alpha value is -2.24. The number of esters is 1. The molecule has 0 fully saturated rings. The number of benzene rings is 1. The monoisotopic (exact) mass is 447 g/mol. The lowest BCUT2D eigenvalue weighted by atomic mass is 9.70. The van der Waals surface area contributed by atoms with Crippen LogP contribution in [0.3, 0.4) is 0 Å². The number of ketones is 1. The number of hydrogen-bond donors (Lipinski definition) is 0. The first-order valence-corrected chi connectivity index (χ1v) is 9.34. The highest BCUT2D eigenvalue weighted by Crippen LogP contribution is 2.57. The predicted octanol–water partition coefficient (Wildman–Crippen LogP) is 4.68. The average Bonchev–Trinajstić information content (AvgIpc) is 2.96. The standard InChI is InChI=1S/C19H14Cl2F3NO4/c20-15-13(28-6-4-25)7-10-9-18(3-5-29-17(27)19(22,23)24)2-1-11(26)8-12(18)14(10)16(15)21/h7-8H,1-3,5-6,9H2. The van der Waals surface area contributed by atoms with E-state index in [0.717, 1.165) is 0 Å². The third-order valence-electron chi connectivity index (χ3n) is 5.12. The van der Waals surface area contributed by atoms with Crippen LogP contribution in [0.2, 0.25) is 10.0 Å². The maximum Gasteiger partial charge on any atom is 0.490 e. The van der Waals surface area contributed by atoms with Crippen molar-refractivity contribution in [1.82, 2.24) is 0 Å². The average molecular weight is 448 g/mol. The Balaban J connectivity index is 1.93. The summed E-state index contributed by atoms with van der Waals surface area (Å²) in [6.07, 6.45) is -2.60. The van der Waals surface area contributed by atoms with Crippen molar-refractivity contribution < 1.29 is 32.2 Å². The van der Waals surface area contributed by atoms with Crippen molar-refractivity contribution in [2.75, 3.05) is 13.2 Å². The van der Waals surface area contributed by atoms with Gasteiger partial charge in [0.25, 0.3) is 0 Å². The molecule has 2 aliphatic rings. The molecule has 1 aromatic rings. The predicted molar refractivity (Wildman–Crippen MR) is 97.6 cm³/mol. The number of allylic oxidation sites excluding steroid dienone is 2. The smallest absolute Gasteiger partial charge is 0.477 e. The van der Waals surface area contributed by atoms with E-state index in [1.165, 1.54) is 6.08 Å². The third kappa shape index (κ3) is 4.07. The lowest BCUT2D eigenvalue weighted by Crippen LogP contribution is -2.30. The molecule has 0 bridgehead atoms. The Morgan fingerprint density at radius 3 is 2.69 bits per heavy atom. The molecule has 10 heteroatoms. The molecule has 2 aliphatic carbocycles. The molecule has 1 unspecified atom stereocenters. The van der Waals surface area contributed by atoms with Gasteiger partial charge in [0.2, 0.25) is 0 Å². The van der Waals surface area contributed by atoms with E-state index in [1.54, 1.807) is 6.07 Å². The van der Waals surface area contributed by atoms with Gasteiger partial charge in [0.15, 0.2) is 12.4 Å². The van der Waals surface area contributed by atoms with Gasteiger partial charge in [-0.05, 0) is 42.5 Å². The van der Waals surface area contributed by atoms with Gasteiger partial charge < -0.3 is 9.47 Å². The van der Waals surface area contributed by atoms with E-state index in [9.17, 15) is 22.8 Å². The lowest BCUT2D eigenvalue weighted by molar-refractivity contribution is -0.200. The van der Waals surface area contributed by atoms with Crippen LogP contribution in [-0.2, 0) is 20.7 Å². The summed E-state index contributed by atoms with van der Waals surface area (Å²) in [6, 6.07) is 3.44. The number of nitriles is 1. The number of halogens is 5. The molecule has 154 valence electrons. The minimum absolute atomic E-state index is 0.0823. The van der Waals surface area contributed by atoms with Crippen LogP contribution in [0.1, 0.15) is 30.4 Å². The summed E-state index contributed by atoms with van der Waals surface area (Å²) in [5.74, 6) is -2.18. The van der Waals surface area contributed by atoms with E-state index in [-0.39, 0.29) is 41.0 Å². The first kappa shape index (κ1) is 21.5. The van der Waals surface area contributed by atoms with E-state index in [1.807, 2.05) is 6.07 Å². The Bertz CT molecular complexity index is 952. The van der Waals surface area contributed by atoms with Gasteiger partial charge in [-0.2, -0.15) is 18.4 Å². The highest BCUT2D eigenvalue weighted by Gasteiger charge is 2.47. The third-order valence-corrected chi connectivity index (χ3v) is 5.97. The van der Waals surface area contributed by atoms with Crippen LogP contribution in [-0.4, -0.2) is 31.1 Å². The molecule has 3 rings (SSSR count). The second-order valence-electron chi connectivity index (χ2n) is 6.85. The quantitative estimate of drug-likeness (QED) is 0.612. The van der Waals surface area contributed by atoms with Crippen molar-refractivity contribution in [3.8, 4) is 11.8 Å². The number of carbonyl (C=O) groups excluding carboxylic acids is 2.